The van der Waals surface area contributed by atoms with Gasteiger partial charge in [-0.1, -0.05) is 95.3 Å². The van der Waals surface area contributed by atoms with Gasteiger partial charge in [-0.25, -0.2) is 0 Å². The van der Waals surface area contributed by atoms with Gasteiger partial charge in [0.05, 0.1) is 30.6 Å². The summed E-state index contributed by atoms with van der Waals surface area (Å²) in [6.07, 6.45) is 2.84. The molecule has 0 saturated carbocycles. The van der Waals surface area contributed by atoms with E-state index in [1.54, 1.807) is 11.0 Å². The lowest BCUT2D eigenvalue weighted by molar-refractivity contribution is -0.156. The Balaban J connectivity index is 1.61. The lowest BCUT2D eigenvalue weighted by Crippen LogP contribution is -2.57. The number of fused-ring (bicyclic) bond motifs is 1. The van der Waals surface area contributed by atoms with Crippen molar-refractivity contribution in [1.29, 1.82) is 0 Å². The van der Waals surface area contributed by atoms with E-state index in [1.807, 2.05) is 60.7 Å². The van der Waals surface area contributed by atoms with E-state index in [9.17, 15) is 19.5 Å². The van der Waals surface area contributed by atoms with Crippen LogP contribution in [-0.2, 0) is 30.4 Å². The summed E-state index contributed by atoms with van der Waals surface area (Å²) < 4.78 is 12.0. The largest absolute Gasteiger partial charge is 0.461 e. The Kier molecular flexibility index (Phi) is 8.26. The minimum Gasteiger partial charge on any atom is -0.461 e. The topological polar surface area (TPSA) is 96.4 Å². The predicted octanol–water partition coefficient (Wildman–Crippen LogP) is 3.41. The molecule has 3 fully saturated rings. The number of amides is 2. The molecule has 2 bridgehead atoms. The number of nitrogens with zero attached hydrogens (tertiary/aromatic N) is 2. The molecule has 9 heteroatoms. The van der Waals surface area contributed by atoms with Gasteiger partial charge in [0.25, 0.3) is 0 Å². The quantitative estimate of drug-likeness (QED) is 0.239. The molecule has 2 amide bonds. The van der Waals surface area contributed by atoms with Crippen LogP contribution in [0.5, 0.6) is 0 Å². The van der Waals surface area contributed by atoms with Crippen LogP contribution in [0.15, 0.2) is 86.0 Å². The van der Waals surface area contributed by atoms with Gasteiger partial charge in [-0.2, -0.15) is 0 Å². The van der Waals surface area contributed by atoms with Gasteiger partial charge < -0.3 is 24.4 Å². The molecule has 8 nitrogen and oxygen atoms in total. The summed E-state index contributed by atoms with van der Waals surface area (Å²) in [6, 6.07) is 16.8. The second kappa shape index (κ2) is 11.7. The molecule has 3 aliphatic rings. The number of benzene rings is 2. The van der Waals surface area contributed by atoms with Crippen LogP contribution in [0.1, 0.15) is 23.6 Å². The summed E-state index contributed by atoms with van der Waals surface area (Å²) in [5, 5.41) is 10.6. The number of aliphatic hydroxyl groups excluding tert-OH is 1. The molecule has 210 valence electrons. The Morgan fingerprint density at radius 1 is 1.15 bits per heavy atom. The number of carbonyl (C=O) groups is 3. The van der Waals surface area contributed by atoms with Crippen LogP contribution in [0.3, 0.4) is 0 Å². The fourth-order valence-corrected chi connectivity index (χ4v) is 7.53. The molecule has 2 aromatic carbocycles. The average molecular weight is 610 g/mol. The molecular formula is C31H33BrN2O6. The lowest BCUT2D eigenvalue weighted by atomic mass is 9.70. The molecule has 3 unspecified atom stereocenters. The van der Waals surface area contributed by atoms with Crippen LogP contribution < -0.4 is 0 Å². The van der Waals surface area contributed by atoms with Crippen molar-refractivity contribution < 1.29 is 29.0 Å². The van der Waals surface area contributed by atoms with Crippen LogP contribution in [0.2, 0.25) is 0 Å². The Hall–Kier alpha value is -3.27. The highest BCUT2D eigenvalue weighted by Gasteiger charge is 2.77. The van der Waals surface area contributed by atoms with E-state index in [2.05, 4.69) is 29.1 Å². The molecular weight excluding hydrogens is 576 g/mol. The molecule has 3 aliphatic heterocycles. The molecule has 0 aliphatic carbocycles. The van der Waals surface area contributed by atoms with Gasteiger partial charge in [0, 0.05) is 17.9 Å². The molecule has 0 radical (unpaired) electrons. The average Bonchev–Trinajstić information content (AvgIpc) is 3.56. The summed E-state index contributed by atoms with van der Waals surface area (Å²) in [5.41, 5.74) is 0.329. The molecule has 2 aromatic rings. The molecule has 5 rings (SSSR count). The highest BCUT2D eigenvalue weighted by molar-refractivity contribution is 9.09. The fraction of sp³-hybridized carbons (Fsp3) is 0.387. The van der Waals surface area contributed by atoms with E-state index in [0.29, 0.717) is 18.5 Å². The summed E-state index contributed by atoms with van der Waals surface area (Å²) in [6.45, 7) is 7.60. The van der Waals surface area contributed by atoms with E-state index >= 15 is 0 Å². The van der Waals surface area contributed by atoms with E-state index in [0.717, 1.165) is 5.56 Å². The molecule has 1 N–H and O–H groups in total. The van der Waals surface area contributed by atoms with Gasteiger partial charge >= 0.3 is 5.97 Å². The lowest BCUT2D eigenvalue weighted by Gasteiger charge is -2.39. The zero-order valence-electron chi connectivity index (χ0n) is 22.1. The van der Waals surface area contributed by atoms with Crippen molar-refractivity contribution >= 4 is 33.7 Å². The minimum absolute atomic E-state index is 0.00244. The van der Waals surface area contributed by atoms with E-state index < -0.39 is 54.1 Å². The zero-order chi connectivity index (χ0) is 28.4. The van der Waals surface area contributed by atoms with Gasteiger partial charge in [-0.05, 0) is 17.5 Å². The van der Waals surface area contributed by atoms with Crippen LogP contribution in [0, 0.1) is 11.8 Å². The van der Waals surface area contributed by atoms with Crippen LogP contribution in [0.4, 0.5) is 0 Å². The third kappa shape index (κ3) is 4.70. The molecule has 3 saturated heterocycles. The number of aliphatic hydroxyl groups is 1. The van der Waals surface area contributed by atoms with Crippen molar-refractivity contribution in [1.82, 2.24) is 9.80 Å². The Morgan fingerprint density at radius 2 is 1.82 bits per heavy atom. The first-order valence-electron chi connectivity index (χ1n) is 13.4. The van der Waals surface area contributed by atoms with Crippen molar-refractivity contribution in [3.8, 4) is 0 Å². The van der Waals surface area contributed by atoms with E-state index in [1.165, 1.54) is 11.0 Å². The number of ether oxygens (including phenoxy) is 2. The number of esters is 1. The summed E-state index contributed by atoms with van der Waals surface area (Å²) in [4.78, 5) is 45.1. The highest BCUT2D eigenvalue weighted by atomic mass is 79.9. The number of alkyl halides is 1. The molecule has 3 heterocycles. The summed E-state index contributed by atoms with van der Waals surface area (Å²) in [5.74, 6) is -3.12. The van der Waals surface area contributed by atoms with Crippen LogP contribution >= 0.6 is 15.9 Å². The molecule has 7 atom stereocenters. The second-order valence-electron chi connectivity index (χ2n) is 10.4. The van der Waals surface area contributed by atoms with Gasteiger partial charge in [-0.15, -0.1) is 6.58 Å². The third-order valence-corrected chi connectivity index (χ3v) is 8.99. The standard InChI is InChI=1S/C31H33BrN2O6/c1-3-15-33(18-20-11-7-5-8-12-20)29(37)27-31-17-22(32)26(40-31)24(30(38)39-16-4-2)25(31)28(36)34(27)23(19-35)21-13-9-6-10-14-21/h3-14,22-27,35H,1-2,15-19H2/t22?,23-,24+,25+,26+,27?,31?/m1/s1. The summed E-state index contributed by atoms with van der Waals surface area (Å²) in [7, 11) is 0. The van der Waals surface area contributed by atoms with Crippen LogP contribution in [0.25, 0.3) is 0 Å². The van der Waals surface area contributed by atoms with Crippen molar-refractivity contribution in [3.05, 3.63) is 97.1 Å². The first kappa shape index (κ1) is 28.3. The van der Waals surface area contributed by atoms with E-state index in [-0.39, 0.29) is 23.9 Å². The zero-order valence-corrected chi connectivity index (χ0v) is 23.7. The van der Waals surface area contributed by atoms with Gasteiger partial charge in [-0.3, -0.25) is 14.4 Å². The van der Waals surface area contributed by atoms with Crippen molar-refractivity contribution in [2.24, 2.45) is 11.8 Å². The van der Waals surface area contributed by atoms with Gasteiger partial charge in [0.1, 0.15) is 18.2 Å². The number of hydrogen-bond donors (Lipinski definition) is 1. The number of carbonyl (C=O) groups excluding carboxylic acids is 3. The smallest absolute Gasteiger partial charge is 0.312 e. The van der Waals surface area contributed by atoms with Gasteiger partial charge in [0.2, 0.25) is 11.8 Å². The summed E-state index contributed by atoms with van der Waals surface area (Å²) >= 11 is 3.67. The van der Waals surface area contributed by atoms with Crippen molar-refractivity contribution in [2.75, 3.05) is 19.8 Å². The maximum absolute atomic E-state index is 14.6. The third-order valence-electron chi connectivity index (χ3n) is 8.15. The van der Waals surface area contributed by atoms with E-state index in [4.69, 9.17) is 9.47 Å². The maximum atomic E-state index is 14.6. The normalized spacial score (nSPS) is 29.1. The Labute approximate surface area is 242 Å². The van der Waals surface area contributed by atoms with Crippen molar-refractivity contribution in [3.63, 3.8) is 0 Å². The maximum Gasteiger partial charge on any atom is 0.312 e. The molecule has 0 aromatic heterocycles. The fourth-order valence-electron chi connectivity index (χ4n) is 6.58. The number of halogens is 1. The second-order valence-corrected chi connectivity index (χ2v) is 11.6. The number of rotatable bonds is 11. The minimum atomic E-state index is -1.27. The number of likely N-dealkylation sites (tertiary alicyclic amines) is 1. The van der Waals surface area contributed by atoms with Crippen LogP contribution in [-0.4, -0.2) is 75.0 Å². The first-order chi connectivity index (χ1) is 19.4. The predicted molar refractivity (Wildman–Crippen MR) is 152 cm³/mol. The SMILES string of the molecule is C=CCOC(=O)[C@H]1[C@H]2C(=O)N([C@H](CO)c3ccccc3)C(C(=O)N(CC=C)Cc3ccccc3)C23CC(Br)[C@@H]1O3. The highest BCUT2D eigenvalue weighted by Crippen LogP contribution is 2.61. The van der Waals surface area contributed by atoms with Crippen molar-refractivity contribution in [2.45, 2.75) is 41.6 Å². The van der Waals surface area contributed by atoms with Gasteiger partial charge in [0.15, 0.2) is 0 Å². The first-order valence-corrected chi connectivity index (χ1v) is 14.3. The molecule has 40 heavy (non-hydrogen) atoms. The molecule has 1 spiro atoms. The Morgan fingerprint density at radius 3 is 2.45 bits per heavy atom. The monoisotopic (exact) mass is 608 g/mol. The number of hydrogen-bond acceptors (Lipinski definition) is 6. The Bertz CT molecular complexity index is 1270.